The largest absolute Gasteiger partial charge is 0.456 e. The van der Waals surface area contributed by atoms with Crippen LogP contribution in [-0.2, 0) is 56.0 Å². The number of aromatic nitrogens is 3. The van der Waals surface area contributed by atoms with Crippen LogP contribution in [0.3, 0.4) is 0 Å². The van der Waals surface area contributed by atoms with Gasteiger partial charge in [-0.3, -0.25) is 19.2 Å². The second kappa shape index (κ2) is 11.9. The van der Waals surface area contributed by atoms with Crippen LogP contribution in [0.1, 0.15) is 32.9 Å². The van der Waals surface area contributed by atoms with Crippen molar-refractivity contribution in [3.05, 3.63) is 11.9 Å². The average molecular weight is 467 g/mol. The molecule has 14 nitrogen and oxygen atoms in total. The van der Waals surface area contributed by atoms with Crippen molar-refractivity contribution < 1.29 is 42.9 Å². The van der Waals surface area contributed by atoms with Gasteiger partial charge in [0.05, 0.1) is 25.4 Å². The molecule has 1 saturated heterocycles. The fraction of sp³-hybridized carbons (Fsp3) is 0.632. The molecule has 180 valence electrons. The monoisotopic (exact) mass is 467 g/mol. The molecule has 0 bridgehead atoms. The van der Waals surface area contributed by atoms with E-state index in [4.69, 9.17) is 28.9 Å². The minimum absolute atomic E-state index is 0.0124. The SMILES string of the molecule is COC1OC(Cn2cc(CNC(=O)CC#N)nn2)C(OC(C)=O)C(OC(C)=O)C1OC(C)=O. The third-order valence-corrected chi connectivity index (χ3v) is 4.39. The van der Waals surface area contributed by atoms with Crippen LogP contribution in [0, 0.1) is 11.3 Å². The lowest BCUT2D eigenvalue weighted by atomic mass is 9.97. The number of methoxy groups -OCH3 is 1. The summed E-state index contributed by atoms with van der Waals surface area (Å²) in [7, 11) is 1.31. The van der Waals surface area contributed by atoms with Crippen LogP contribution in [0.15, 0.2) is 6.20 Å². The number of ether oxygens (including phenoxy) is 5. The second-order valence-electron chi connectivity index (χ2n) is 7.04. The smallest absolute Gasteiger partial charge is 0.303 e. The number of nitrogens with zero attached hydrogens (tertiary/aromatic N) is 4. The van der Waals surface area contributed by atoms with Gasteiger partial charge in [-0.15, -0.1) is 5.10 Å². The quantitative estimate of drug-likeness (QED) is 0.345. The zero-order valence-electron chi connectivity index (χ0n) is 18.5. The maximum atomic E-state index is 11.8. The Balaban J connectivity index is 2.25. The van der Waals surface area contributed by atoms with Crippen molar-refractivity contribution in [3.8, 4) is 6.07 Å². The average Bonchev–Trinajstić information content (AvgIpc) is 3.17. The van der Waals surface area contributed by atoms with Gasteiger partial charge in [-0.2, -0.15) is 5.26 Å². The zero-order valence-corrected chi connectivity index (χ0v) is 18.5. The Hall–Kier alpha value is -3.57. The summed E-state index contributed by atoms with van der Waals surface area (Å²) < 4.78 is 28.5. The van der Waals surface area contributed by atoms with Crippen LogP contribution >= 0.6 is 0 Å². The van der Waals surface area contributed by atoms with Crippen LogP contribution in [-0.4, -0.2) is 76.6 Å². The van der Waals surface area contributed by atoms with Crippen molar-refractivity contribution in [1.29, 1.82) is 5.26 Å². The third kappa shape index (κ3) is 7.51. The van der Waals surface area contributed by atoms with E-state index in [1.165, 1.54) is 24.9 Å². The fourth-order valence-electron chi connectivity index (χ4n) is 3.21. The molecule has 1 N–H and O–H groups in total. The molecule has 1 aliphatic rings. The lowest BCUT2D eigenvalue weighted by Crippen LogP contribution is -2.62. The van der Waals surface area contributed by atoms with Gasteiger partial charge < -0.3 is 29.0 Å². The number of hydrogen-bond donors (Lipinski definition) is 1. The Labute approximate surface area is 189 Å². The number of amides is 1. The Bertz CT molecular complexity index is 912. The van der Waals surface area contributed by atoms with E-state index < -0.39 is 54.5 Å². The van der Waals surface area contributed by atoms with Crippen LogP contribution in [0.5, 0.6) is 0 Å². The molecule has 2 heterocycles. The minimum atomic E-state index is -1.22. The lowest BCUT2D eigenvalue weighted by molar-refractivity contribution is -0.300. The predicted molar refractivity (Wildman–Crippen MR) is 104 cm³/mol. The molecule has 5 unspecified atom stereocenters. The molecule has 0 radical (unpaired) electrons. The summed E-state index contributed by atoms with van der Waals surface area (Å²) in [5.74, 6) is -2.51. The van der Waals surface area contributed by atoms with Gasteiger partial charge in [0, 0.05) is 27.9 Å². The molecule has 0 aromatic carbocycles. The van der Waals surface area contributed by atoms with E-state index in [0.717, 1.165) is 13.8 Å². The first-order valence-corrected chi connectivity index (χ1v) is 9.87. The molecule has 0 saturated carbocycles. The number of carbonyl (C=O) groups is 4. The second-order valence-corrected chi connectivity index (χ2v) is 7.04. The molecule has 1 fully saturated rings. The topological polar surface area (TPSA) is 181 Å². The highest BCUT2D eigenvalue weighted by atomic mass is 16.7. The van der Waals surface area contributed by atoms with Gasteiger partial charge in [0.25, 0.3) is 0 Å². The van der Waals surface area contributed by atoms with Crippen molar-refractivity contribution >= 4 is 23.8 Å². The molecule has 14 heteroatoms. The zero-order chi connectivity index (χ0) is 24.5. The number of nitrogens with one attached hydrogen (secondary N) is 1. The number of rotatable bonds is 9. The van der Waals surface area contributed by atoms with Crippen molar-refractivity contribution in [2.45, 2.75) is 71.0 Å². The molecule has 1 amide bonds. The summed E-state index contributed by atoms with van der Waals surface area (Å²) in [6, 6.07) is 1.74. The Morgan fingerprint density at radius 1 is 1.09 bits per heavy atom. The van der Waals surface area contributed by atoms with Crippen LogP contribution in [0.2, 0.25) is 0 Å². The maximum Gasteiger partial charge on any atom is 0.303 e. The van der Waals surface area contributed by atoms with E-state index in [9.17, 15) is 19.2 Å². The highest BCUT2D eigenvalue weighted by molar-refractivity contribution is 5.77. The summed E-state index contributed by atoms with van der Waals surface area (Å²) in [6.07, 6.45) is -4.41. The normalized spacial score (nSPS) is 24.3. The Morgan fingerprint density at radius 2 is 1.70 bits per heavy atom. The summed E-state index contributed by atoms with van der Waals surface area (Å²) in [4.78, 5) is 46.6. The Kier molecular flexibility index (Phi) is 9.25. The van der Waals surface area contributed by atoms with Crippen molar-refractivity contribution in [2.75, 3.05) is 7.11 Å². The minimum Gasteiger partial charge on any atom is -0.456 e. The molecular weight excluding hydrogens is 442 g/mol. The predicted octanol–water partition coefficient (Wildman–Crippen LogP) is -1.03. The van der Waals surface area contributed by atoms with E-state index in [1.807, 2.05) is 0 Å². The van der Waals surface area contributed by atoms with Gasteiger partial charge in [0.15, 0.2) is 24.6 Å². The van der Waals surface area contributed by atoms with E-state index in [1.54, 1.807) is 6.07 Å². The summed E-state index contributed by atoms with van der Waals surface area (Å²) >= 11 is 0. The van der Waals surface area contributed by atoms with Crippen molar-refractivity contribution in [2.24, 2.45) is 0 Å². The molecular formula is C19H25N5O9. The third-order valence-electron chi connectivity index (χ3n) is 4.39. The number of hydrogen-bond acceptors (Lipinski definition) is 12. The van der Waals surface area contributed by atoms with Gasteiger partial charge in [-0.25, -0.2) is 4.68 Å². The van der Waals surface area contributed by atoms with E-state index in [-0.39, 0.29) is 19.5 Å². The molecule has 1 aromatic rings. The first kappa shape index (κ1) is 25.7. The molecule has 1 aliphatic heterocycles. The van der Waals surface area contributed by atoms with Crippen LogP contribution in [0.4, 0.5) is 0 Å². The van der Waals surface area contributed by atoms with Crippen LogP contribution in [0.25, 0.3) is 0 Å². The molecule has 33 heavy (non-hydrogen) atoms. The van der Waals surface area contributed by atoms with E-state index in [0.29, 0.717) is 5.69 Å². The number of carbonyl (C=O) groups excluding carboxylic acids is 4. The van der Waals surface area contributed by atoms with Gasteiger partial charge >= 0.3 is 17.9 Å². The molecule has 0 aliphatic carbocycles. The fourth-order valence-corrected chi connectivity index (χ4v) is 3.21. The molecule has 1 aromatic heterocycles. The highest BCUT2D eigenvalue weighted by Gasteiger charge is 2.52. The summed E-state index contributed by atoms with van der Waals surface area (Å²) in [5.41, 5.74) is 0.402. The molecule has 2 rings (SSSR count). The van der Waals surface area contributed by atoms with Crippen molar-refractivity contribution in [3.63, 3.8) is 0 Å². The first-order valence-electron chi connectivity index (χ1n) is 9.87. The maximum absolute atomic E-state index is 11.8. The lowest BCUT2D eigenvalue weighted by Gasteiger charge is -2.43. The standard InChI is InChI=1S/C19H25N5O9/c1-10(25)30-16-14(9-24-8-13(22-23-24)7-21-15(28)5-6-20)33-19(29-4)18(32-12(3)27)17(16)31-11(2)26/h8,14,16-19H,5,7,9H2,1-4H3,(H,21,28). The number of nitriles is 1. The molecule has 0 spiro atoms. The van der Waals surface area contributed by atoms with Crippen LogP contribution < -0.4 is 5.32 Å². The van der Waals surface area contributed by atoms with Gasteiger partial charge in [-0.05, 0) is 0 Å². The van der Waals surface area contributed by atoms with Gasteiger partial charge in [0.2, 0.25) is 5.91 Å². The van der Waals surface area contributed by atoms with Gasteiger partial charge in [-0.1, -0.05) is 5.21 Å². The summed E-state index contributed by atoms with van der Waals surface area (Å²) in [5, 5.41) is 18.9. The van der Waals surface area contributed by atoms with E-state index >= 15 is 0 Å². The van der Waals surface area contributed by atoms with Gasteiger partial charge in [0.1, 0.15) is 18.2 Å². The highest BCUT2D eigenvalue weighted by Crippen LogP contribution is 2.30. The Morgan fingerprint density at radius 3 is 2.27 bits per heavy atom. The van der Waals surface area contributed by atoms with Crippen molar-refractivity contribution in [1.82, 2.24) is 20.3 Å². The number of esters is 3. The summed E-state index contributed by atoms with van der Waals surface area (Å²) in [6.45, 7) is 3.53. The van der Waals surface area contributed by atoms with E-state index in [2.05, 4.69) is 15.6 Å². The first-order chi connectivity index (χ1) is 15.6. The molecule has 5 atom stereocenters.